The van der Waals surface area contributed by atoms with Crippen LogP contribution in [-0.4, -0.2) is 8.42 Å². The van der Waals surface area contributed by atoms with Gasteiger partial charge in [-0.1, -0.05) is 6.07 Å². The lowest BCUT2D eigenvalue weighted by atomic mass is 10.2. The molecule has 1 heterocycles. The first-order valence-corrected chi connectivity index (χ1v) is 7.82. The van der Waals surface area contributed by atoms with E-state index in [1.807, 2.05) is 0 Å². The Kier molecular flexibility index (Phi) is 4.06. The second-order valence-corrected chi connectivity index (χ2v) is 6.43. The van der Waals surface area contributed by atoms with Crippen molar-refractivity contribution in [1.82, 2.24) is 0 Å². The highest BCUT2D eigenvalue weighted by molar-refractivity contribution is 7.92. The normalized spacial score (nSPS) is 11.7. The van der Waals surface area contributed by atoms with Gasteiger partial charge in [0.05, 0.1) is 5.69 Å². The van der Waals surface area contributed by atoms with Crippen LogP contribution in [0.1, 0.15) is 22.6 Å². The molecule has 114 valence electrons. The number of rotatable bonds is 4. The topological polar surface area (TPSA) is 85.3 Å². The Bertz CT molecular complexity index is 782. The Morgan fingerprint density at radius 2 is 1.90 bits per heavy atom. The van der Waals surface area contributed by atoms with E-state index >= 15 is 0 Å². The summed E-state index contributed by atoms with van der Waals surface area (Å²) in [5, 5.41) is 0. The maximum absolute atomic E-state index is 13.8. The van der Waals surface area contributed by atoms with E-state index in [0.29, 0.717) is 16.9 Å². The zero-order valence-corrected chi connectivity index (χ0v) is 12.8. The van der Waals surface area contributed by atoms with E-state index in [9.17, 15) is 12.8 Å². The fourth-order valence-corrected chi connectivity index (χ4v) is 3.73. The van der Waals surface area contributed by atoms with E-state index in [1.54, 1.807) is 19.9 Å². The summed E-state index contributed by atoms with van der Waals surface area (Å²) < 4.78 is 46.3. The van der Waals surface area contributed by atoms with Gasteiger partial charge >= 0.3 is 0 Å². The molecular weight excluding hydrogens is 295 g/mol. The number of aryl methyl sites for hydroxylation is 3. The molecule has 0 saturated carbocycles. The van der Waals surface area contributed by atoms with Gasteiger partial charge in [-0.2, -0.15) is 0 Å². The summed E-state index contributed by atoms with van der Waals surface area (Å²) in [6.45, 7) is 4.92. The SMILES string of the molecule is Cc1ccc(NS(=O)(=O)c2c(C)oc(C)c2CN)c(F)c1. The zero-order valence-electron chi connectivity index (χ0n) is 12.0. The Hall–Kier alpha value is -1.86. The van der Waals surface area contributed by atoms with Crippen molar-refractivity contribution in [3.63, 3.8) is 0 Å². The van der Waals surface area contributed by atoms with Crippen molar-refractivity contribution >= 4 is 15.7 Å². The molecule has 1 aromatic carbocycles. The maximum atomic E-state index is 13.8. The third-order valence-corrected chi connectivity index (χ3v) is 4.73. The highest BCUT2D eigenvalue weighted by Gasteiger charge is 2.27. The van der Waals surface area contributed by atoms with Crippen molar-refractivity contribution in [2.75, 3.05) is 4.72 Å². The number of hydrogen-bond acceptors (Lipinski definition) is 4. The van der Waals surface area contributed by atoms with E-state index in [-0.39, 0.29) is 22.9 Å². The molecule has 2 aromatic rings. The first-order chi connectivity index (χ1) is 9.76. The molecule has 0 radical (unpaired) electrons. The van der Waals surface area contributed by atoms with Crippen LogP contribution in [0, 0.1) is 26.6 Å². The van der Waals surface area contributed by atoms with E-state index in [1.165, 1.54) is 19.1 Å². The number of benzene rings is 1. The number of sulfonamides is 1. The van der Waals surface area contributed by atoms with Gasteiger partial charge in [0, 0.05) is 12.1 Å². The van der Waals surface area contributed by atoms with Crippen molar-refractivity contribution in [2.45, 2.75) is 32.2 Å². The molecule has 7 heteroatoms. The van der Waals surface area contributed by atoms with Gasteiger partial charge in [0.25, 0.3) is 10.0 Å². The largest absolute Gasteiger partial charge is 0.465 e. The van der Waals surface area contributed by atoms with Crippen LogP contribution in [0.5, 0.6) is 0 Å². The highest BCUT2D eigenvalue weighted by atomic mass is 32.2. The van der Waals surface area contributed by atoms with Crippen LogP contribution in [-0.2, 0) is 16.6 Å². The molecule has 3 N–H and O–H groups in total. The monoisotopic (exact) mass is 312 g/mol. The number of furan rings is 1. The van der Waals surface area contributed by atoms with Crippen LogP contribution in [0.4, 0.5) is 10.1 Å². The quantitative estimate of drug-likeness (QED) is 0.908. The summed E-state index contributed by atoms with van der Waals surface area (Å²) in [6, 6.07) is 4.26. The predicted octanol–water partition coefficient (Wildman–Crippen LogP) is 2.60. The third kappa shape index (κ3) is 2.93. The molecular formula is C14H17FN2O3S. The number of anilines is 1. The second kappa shape index (κ2) is 5.50. The van der Waals surface area contributed by atoms with Crippen LogP contribution in [0.2, 0.25) is 0 Å². The molecule has 0 fully saturated rings. The molecule has 0 aliphatic carbocycles. The molecule has 0 amide bonds. The fraction of sp³-hybridized carbons (Fsp3) is 0.286. The molecule has 0 aliphatic heterocycles. The molecule has 0 unspecified atom stereocenters. The van der Waals surface area contributed by atoms with Gasteiger partial charge in [-0.25, -0.2) is 12.8 Å². The fourth-order valence-electron chi connectivity index (χ4n) is 2.20. The smallest absolute Gasteiger partial charge is 0.265 e. The molecule has 0 atom stereocenters. The van der Waals surface area contributed by atoms with E-state index in [0.717, 1.165) is 0 Å². The van der Waals surface area contributed by atoms with Crippen molar-refractivity contribution in [3.8, 4) is 0 Å². The minimum atomic E-state index is -3.97. The molecule has 0 spiro atoms. The Morgan fingerprint density at radius 1 is 1.24 bits per heavy atom. The predicted molar refractivity (Wildman–Crippen MR) is 78.0 cm³/mol. The number of hydrogen-bond donors (Lipinski definition) is 2. The Morgan fingerprint density at radius 3 is 2.48 bits per heavy atom. The lowest BCUT2D eigenvalue weighted by Crippen LogP contribution is -2.17. The van der Waals surface area contributed by atoms with E-state index in [2.05, 4.69) is 4.72 Å². The molecule has 0 saturated heterocycles. The Balaban J connectivity index is 2.48. The van der Waals surface area contributed by atoms with Gasteiger partial charge in [-0.3, -0.25) is 4.72 Å². The minimum Gasteiger partial charge on any atom is -0.465 e. The van der Waals surface area contributed by atoms with Gasteiger partial charge in [0.1, 0.15) is 22.2 Å². The van der Waals surface area contributed by atoms with Gasteiger partial charge in [-0.15, -0.1) is 0 Å². The Labute approximate surface area is 123 Å². The second-order valence-electron chi connectivity index (χ2n) is 4.82. The van der Waals surface area contributed by atoms with Crippen LogP contribution in [0.15, 0.2) is 27.5 Å². The van der Waals surface area contributed by atoms with Gasteiger partial charge in [0.2, 0.25) is 0 Å². The summed E-state index contributed by atoms with van der Waals surface area (Å²) in [5.41, 5.74) is 6.57. The summed E-state index contributed by atoms with van der Waals surface area (Å²) >= 11 is 0. The molecule has 2 rings (SSSR count). The highest BCUT2D eigenvalue weighted by Crippen LogP contribution is 2.28. The van der Waals surface area contributed by atoms with Crippen molar-refractivity contribution in [1.29, 1.82) is 0 Å². The minimum absolute atomic E-state index is 0.0236. The van der Waals surface area contributed by atoms with Gasteiger partial charge in [0.15, 0.2) is 0 Å². The van der Waals surface area contributed by atoms with Crippen molar-refractivity contribution in [2.24, 2.45) is 5.73 Å². The molecule has 0 aliphatic rings. The summed E-state index contributed by atoms with van der Waals surface area (Å²) in [6.07, 6.45) is 0. The lowest BCUT2D eigenvalue weighted by Gasteiger charge is -2.10. The third-order valence-electron chi connectivity index (χ3n) is 3.17. The van der Waals surface area contributed by atoms with E-state index < -0.39 is 15.8 Å². The van der Waals surface area contributed by atoms with Gasteiger partial charge < -0.3 is 10.2 Å². The number of nitrogens with one attached hydrogen (secondary N) is 1. The van der Waals surface area contributed by atoms with Crippen LogP contribution >= 0.6 is 0 Å². The molecule has 1 aromatic heterocycles. The zero-order chi connectivity index (χ0) is 15.8. The van der Waals surface area contributed by atoms with Crippen LogP contribution in [0.25, 0.3) is 0 Å². The molecule has 5 nitrogen and oxygen atoms in total. The first-order valence-electron chi connectivity index (χ1n) is 6.34. The standard InChI is InChI=1S/C14H17FN2O3S/c1-8-4-5-13(12(15)6-8)17-21(18,19)14-10(3)20-9(2)11(14)7-16/h4-6,17H,7,16H2,1-3H3. The van der Waals surface area contributed by atoms with E-state index in [4.69, 9.17) is 10.2 Å². The lowest BCUT2D eigenvalue weighted by molar-refractivity contribution is 0.494. The number of nitrogens with two attached hydrogens (primary N) is 1. The average molecular weight is 312 g/mol. The summed E-state index contributed by atoms with van der Waals surface area (Å²) in [4.78, 5) is -0.0255. The van der Waals surface area contributed by atoms with Crippen LogP contribution < -0.4 is 10.5 Å². The van der Waals surface area contributed by atoms with Crippen molar-refractivity contribution in [3.05, 3.63) is 46.7 Å². The van der Waals surface area contributed by atoms with Crippen LogP contribution in [0.3, 0.4) is 0 Å². The number of halogens is 1. The summed E-state index contributed by atoms with van der Waals surface area (Å²) in [7, 11) is -3.97. The molecule has 0 bridgehead atoms. The van der Waals surface area contributed by atoms with Gasteiger partial charge in [-0.05, 0) is 38.5 Å². The summed E-state index contributed by atoms with van der Waals surface area (Å²) in [5.74, 6) is 0.0402. The average Bonchev–Trinajstić information content (AvgIpc) is 2.67. The molecule has 21 heavy (non-hydrogen) atoms. The first kappa shape index (κ1) is 15.5. The maximum Gasteiger partial charge on any atom is 0.265 e. The van der Waals surface area contributed by atoms with Crippen molar-refractivity contribution < 1.29 is 17.2 Å².